The van der Waals surface area contributed by atoms with Gasteiger partial charge in [-0.25, -0.2) is 0 Å². The van der Waals surface area contributed by atoms with Crippen molar-refractivity contribution in [1.29, 1.82) is 0 Å². The number of halogens is 1. The Morgan fingerprint density at radius 3 is 2.69 bits per heavy atom. The second-order valence-corrected chi connectivity index (χ2v) is 5.12. The van der Waals surface area contributed by atoms with Crippen LogP contribution in [-0.4, -0.2) is 44.2 Å². The van der Waals surface area contributed by atoms with Gasteiger partial charge in [0.25, 0.3) is 0 Å². The minimum Gasteiger partial charge on any atom is -0.468 e. The number of esters is 1. The van der Waals surface area contributed by atoms with E-state index in [2.05, 4.69) is 39.8 Å². The van der Waals surface area contributed by atoms with Crippen molar-refractivity contribution < 1.29 is 14.3 Å². The molecule has 0 bridgehead atoms. The van der Waals surface area contributed by atoms with E-state index in [0.717, 1.165) is 26.2 Å². The first-order valence-electron chi connectivity index (χ1n) is 5.58. The van der Waals surface area contributed by atoms with Crippen molar-refractivity contribution in [2.75, 3.05) is 33.4 Å². The molecule has 0 amide bonds. The second-order valence-electron chi connectivity index (χ2n) is 4.02. The van der Waals surface area contributed by atoms with Crippen molar-refractivity contribution in [2.24, 2.45) is 5.92 Å². The Labute approximate surface area is 106 Å². The van der Waals surface area contributed by atoms with Crippen molar-refractivity contribution in [3.05, 3.63) is 0 Å². The Balaban J connectivity index is 3.24. The molecule has 0 aromatic heterocycles. The van der Waals surface area contributed by atoms with E-state index in [4.69, 9.17) is 4.74 Å². The molecule has 0 spiro atoms. The first kappa shape index (κ1) is 15.9. The second kappa shape index (κ2) is 10.1. The third kappa shape index (κ3) is 9.12. The summed E-state index contributed by atoms with van der Waals surface area (Å²) in [5.74, 6) is 0.336. The molecule has 0 aromatic rings. The van der Waals surface area contributed by atoms with Gasteiger partial charge in [-0.15, -0.1) is 0 Å². The van der Waals surface area contributed by atoms with Gasteiger partial charge in [-0.05, 0) is 18.9 Å². The first-order valence-corrected chi connectivity index (χ1v) is 6.49. The summed E-state index contributed by atoms with van der Waals surface area (Å²) >= 11 is 3.24. The van der Waals surface area contributed by atoms with Crippen molar-refractivity contribution >= 4 is 21.9 Å². The normalized spacial score (nSPS) is 12.8. The lowest BCUT2D eigenvalue weighted by molar-refractivity contribution is -0.139. The number of nitrogens with one attached hydrogen (secondary N) is 1. The molecule has 0 fully saturated rings. The van der Waals surface area contributed by atoms with Crippen molar-refractivity contribution in [1.82, 2.24) is 5.32 Å². The van der Waals surface area contributed by atoms with Gasteiger partial charge >= 0.3 is 5.97 Å². The van der Waals surface area contributed by atoms with Crippen LogP contribution in [0.5, 0.6) is 0 Å². The van der Waals surface area contributed by atoms with E-state index in [1.165, 1.54) is 7.11 Å². The zero-order chi connectivity index (χ0) is 12.4. The average molecular weight is 296 g/mol. The van der Waals surface area contributed by atoms with Crippen molar-refractivity contribution in [3.63, 3.8) is 0 Å². The Morgan fingerprint density at radius 1 is 1.44 bits per heavy atom. The highest BCUT2D eigenvalue weighted by Crippen LogP contribution is 1.99. The summed E-state index contributed by atoms with van der Waals surface area (Å²) in [4.78, 5) is 10.7. The molecule has 96 valence electrons. The van der Waals surface area contributed by atoms with Gasteiger partial charge < -0.3 is 14.8 Å². The molecule has 0 heterocycles. The summed E-state index contributed by atoms with van der Waals surface area (Å²) in [6, 6.07) is 0. The lowest BCUT2D eigenvalue weighted by Gasteiger charge is -2.09. The number of carbonyl (C=O) groups excluding carboxylic acids is 1. The molecule has 0 aliphatic heterocycles. The standard InChI is InChI=1S/C11H22BrNO3/c1-9(2)8-16-6-4-5-13-7-10(12)11(14)15-3/h9-10,13H,4-8H2,1-3H3. The lowest BCUT2D eigenvalue weighted by Crippen LogP contribution is -2.30. The van der Waals surface area contributed by atoms with E-state index in [0.29, 0.717) is 12.5 Å². The maximum atomic E-state index is 11.0. The van der Waals surface area contributed by atoms with Gasteiger partial charge in [0.2, 0.25) is 0 Å². The molecular formula is C11H22BrNO3. The number of carbonyl (C=O) groups is 1. The minimum atomic E-state index is -0.269. The van der Waals surface area contributed by atoms with Crippen LogP contribution in [-0.2, 0) is 14.3 Å². The van der Waals surface area contributed by atoms with Crippen LogP contribution in [0.3, 0.4) is 0 Å². The molecule has 1 atom stereocenters. The van der Waals surface area contributed by atoms with Gasteiger partial charge in [0, 0.05) is 19.8 Å². The summed E-state index contributed by atoms with van der Waals surface area (Å²) in [5, 5.41) is 3.16. The minimum absolute atomic E-state index is 0.247. The largest absolute Gasteiger partial charge is 0.468 e. The van der Waals surface area contributed by atoms with Gasteiger partial charge in [-0.1, -0.05) is 29.8 Å². The Bertz CT molecular complexity index is 188. The fourth-order valence-electron chi connectivity index (χ4n) is 1.06. The Morgan fingerprint density at radius 2 is 2.12 bits per heavy atom. The molecule has 1 unspecified atom stereocenters. The van der Waals surface area contributed by atoms with E-state index in [-0.39, 0.29) is 10.8 Å². The van der Waals surface area contributed by atoms with Gasteiger partial charge in [-0.3, -0.25) is 4.79 Å². The highest BCUT2D eigenvalue weighted by atomic mass is 79.9. The molecule has 0 aromatic carbocycles. The number of methoxy groups -OCH3 is 1. The third-order valence-electron chi connectivity index (χ3n) is 1.87. The highest BCUT2D eigenvalue weighted by molar-refractivity contribution is 9.10. The molecule has 16 heavy (non-hydrogen) atoms. The fraction of sp³-hybridized carbons (Fsp3) is 0.909. The maximum Gasteiger partial charge on any atom is 0.320 e. The fourth-order valence-corrected chi connectivity index (χ4v) is 1.47. The van der Waals surface area contributed by atoms with Crippen LogP contribution in [0.2, 0.25) is 0 Å². The molecule has 0 aliphatic carbocycles. The average Bonchev–Trinajstić information content (AvgIpc) is 2.25. The summed E-state index contributed by atoms with van der Waals surface area (Å²) in [6.45, 7) is 7.25. The van der Waals surface area contributed by atoms with Crippen LogP contribution in [0.25, 0.3) is 0 Å². The van der Waals surface area contributed by atoms with Crippen LogP contribution in [0.1, 0.15) is 20.3 Å². The molecule has 0 radical (unpaired) electrons. The number of rotatable bonds is 9. The van der Waals surface area contributed by atoms with Crippen LogP contribution >= 0.6 is 15.9 Å². The third-order valence-corrected chi connectivity index (χ3v) is 2.57. The van der Waals surface area contributed by atoms with E-state index >= 15 is 0 Å². The summed E-state index contributed by atoms with van der Waals surface area (Å²) in [5.41, 5.74) is 0. The van der Waals surface area contributed by atoms with Gasteiger partial charge in [0.1, 0.15) is 4.83 Å². The van der Waals surface area contributed by atoms with Crippen molar-refractivity contribution in [3.8, 4) is 0 Å². The van der Waals surface area contributed by atoms with Gasteiger partial charge in [0.05, 0.1) is 7.11 Å². The molecule has 4 nitrogen and oxygen atoms in total. The van der Waals surface area contributed by atoms with Crippen LogP contribution in [0, 0.1) is 5.92 Å². The smallest absolute Gasteiger partial charge is 0.320 e. The zero-order valence-electron chi connectivity index (χ0n) is 10.3. The topological polar surface area (TPSA) is 47.6 Å². The predicted molar refractivity (Wildman–Crippen MR) is 67.9 cm³/mol. The molecule has 0 rings (SSSR count). The molecule has 5 heteroatoms. The number of alkyl halides is 1. The molecule has 1 N–H and O–H groups in total. The summed E-state index contributed by atoms with van der Waals surface area (Å²) < 4.78 is 10.0. The van der Waals surface area contributed by atoms with E-state index in [1.54, 1.807) is 0 Å². The van der Waals surface area contributed by atoms with Crippen molar-refractivity contribution in [2.45, 2.75) is 25.1 Å². The molecule has 0 saturated carbocycles. The number of hydrogen-bond acceptors (Lipinski definition) is 4. The first-order chi connectivity index (χ1) is 7.57. The monoisotopic (exact) mass is 295 g/mol. The Kier molecular flexibility index (Phi) is 9.97. The van der Waals surface area contributed by atoms with E-state index < -0.39 is 0 Å². The van der Waals surface area contributed by atoms with E-state index in [1.807, 2.05) is 0 Å². The summed E-state index contributed by atoms with van der Waals surface area (Å²) in [6.07, 6.45) is 0.952. The lowest BCUT2D eigenvalue weighted by atomic mass is 10.2. The molecule has 0 aliphatic rings. The number of hydrogen-bond donors (Lipinski definition) is 1. The predicted octanol–water partition coefficient (Wildman–Crippen LogP) is 1.58. The molecule has 0 saturated heterocycles. The zero-order valence-corrected chi connectivity index (χ0v) is 11.9. The number of ether oxygens (including phenoxy) is 2. The maximum absolute atomic E-state index is 11.0. The van der Waals surface area contributed by atoms with Crippen LogP contribution < -0.4 is 5.32 Å². The highest BCUT2D eigenvalue weighted by Gasteiger charge is 2.13. The van der Waals surface area contributed by atoms with Crippen LogP contribution in [0.15, 0.2) is 0 Å². The Hall–Kier alpha value is -0.130. The SMILES string of the molecule is COC(=O)C(Br)CNCCCOCC(C)C. The van der Waals surface area contributed by atoms with Gasteiger partial charge in [-0.2, -0.15) is 0 Å². The summed E-state index contributed by atoms with van der Waals surface area (Å²) in [7, 11) is 1.39. The van der Waals surface area contributed by atoms with E-state index in [9.17, 15) is 4.79 Å². The van der Waals surface area contributed by atoms with Crippen LogP contribution in [0.4, 0.5) is 0 Å². The molecular weight excluding hydrogens is 274 g/mol. The quantitative estimate of drug-likeness (QED) is 0.399. The van der Waals surface area contributed by atoms with Gasteiger partial charge in [0.15, 0.2) is 0 Å².